The first-order valence-electron chi connectivity index (χ1n) is 5.58. The maximum absolute atomic E-state index is 10.4. The summed E-state index contributed by atoms with van der Waals surface area (Å²) in [5.41, 5.74) is 0. The predicted octanol–water partition coefficient (Wildman–Crippen LogP) is 2.32. The average Bonchev–Trinajstić information content (AvgIpc) is 2.94. The molecule has 1 fully saturated rings. The monoisotopic (exact) mass is 273 g/mol. The molecule has 2 N–H and O–H groups in total. The molecule has 1 aromatic heterocycles. The van der Waals surface area contributed by atoms with Gasteiger partial charge in [-0.2, -0.15) is 0 Å². The molecule has 0 saturated heterocycles. The van der Waals surface area contributed by atoms with E-state index in [1.54, 1.807) is 0 Å². The first-order chi connectivity index (χ1) is 8.13. The van der Waals surface area contributed by atoms with Crippen LogP contribution in [0.3, 0.4) is 0 Å². The Morgan fingerprint density at radius 2 is 2.41 bits per heavy atom. The van der Waals surface area contributed by atoms with Gasteiger partial charge in [0.1, 0.15) is 0 Å². The fourth-order valence-electron chi connectivity index (χ4n) is 1.57. The van der Waals surface area contributed by atoms with E-state index in [0.717, 1.165) is 11.0 Å². The number of hydrogen-bond acceptors (Lipinski definition) is 6. The molecule has 1 aliphatic carbocycles. The van der Waals surface area contributed by atoms with Gasteiger partial charge in [-0.3, -0.25) is 4.79 Å². The summed E-state index contributed by atoms with van der Waals surface area (Å²) in [6, 6.07) is 0.410. The van der Waals surface area contributed by atoms with Crippen LogP contribution < -0.4 is 5.32 Å². The van der Waals surface area contributed by atoms with Gasteiger partial charge < -0.3 is 10.4 Å². The van der Waals surface area contributed by atoms with Gasteiger partial charge >= 0.3 is 5.97 Å². The molecular weight excluding hydrogens is 258 g/mol. The van der Waals surface area contributed by atoms with E-state index in [1.165, 1.54) is 42.4 Å². The lowest BCUT2D eigenvalue weighted by Gasteiger charge is -2.10. The van der Waals surface area contributed by atoms with Crippen LogP contribution >= 0.6 is 23.1 Å². The molecule has 94 valence electrons. The van der Waals surface area contributed by atoms with Crippen LogP contribution in [0.5, 0.6) is 0 Å². The Balaban J connectivity index is 1.78. The number of carbonyl (C=O) groups is 1. The van der Waals surface area contributed by atoms with Crippen LogP contribution in [-0.4, -0.2) is 33.1 Å². The van der Waals surface area contributed by atoms with Crippen LogP contribution in [-0.2, 0) is 4.79 Å². The quantitative estimate of drug-likeness (QED) is 0.743. The van der Waals surface area contributed by atoms with Gasteiger partial charge in [-0.1, -0.05) is 35.9 Å². The van der Waals surface area contributed by atoms with Crippen molar-refractivity contribution in [3.63, 3.8) is 0 Å². The van der Waals surface area contributed by atoms with Gasteiger partial charge in [0, 0.05) is 6.04 Å². The highest BCUT2D eigenvalue weighted by atomic mass is 32.2. The van der Waals surface area contributed by atoms with Gasteiger partial charge in [0.2, 0.25) is 5.13 Å². The second kappa shape index (κ2) is 5.68. The van der Waals surface area contributed by atoms with E-state index in [-0.39, 0.29) is 5.75 Å². The van der Waals surface area contributed by atoms with E-state index in [9.17, 15) is 4.79 Å². The molecule has 0 aromatic carbocycles. The van der Waals surface area contributed by atoms with Gasteiger partial charge in [0.25, 0.3) is 0 Å². The zero-order valence-electron chi connectivity index (χ0n) is 9.55. The van der Waals surface area contributed by atoms with E-state index >= 15 is 0 Å². The second-order valence-electron chi connectivity index (χ2n) is 4.28. The van der Waals surface area contributed by atoms with Crippen molar-refractivity contribution >= 4 is 34.2 Å². The highest BCUT2D eigenvalue weighted by molar-refractivity contribution is 8.01. The van der Waals surface area contributed by atoms with E-state index in [4.69, 9.17) is 5.11 Å². The standard InChI is InChI=1S/C10H15N3O2S2/c1-6(4-7-2-3-7)11-9-12-13-10(17-9)16-5-8(14)15/h6-7H,2-5H2,1H3,(H,11,12)(H,14,15). The lowest BCUT2D eigenvalue weighted by atomic mass is 10.2. The summed E-state index contributed by atoms with van der Waals surface area (Å²) < 4.78 is 0.702. The number of carboxylic acids is 1. The van der Waals surface area contributed by atoms with Crippen LogP contribution in [0, 0.1) is 5.92 Å². The lowest BCUT2D eigenvalue weighted by molar-refractivity contribution is -0.133. The Kier molecular flexibility index (Phi) is 4.22. The number of hydrogen-bond donors (Lipinski definition) is 2. The molecule has 0 aliphatic heterocycles. The van der Waals surface area contributed by atoms with Gasteiger partial charge in [-0.05, 0) is 19.3 Å². The van der Waals surface area contributed by atoms with Gasteiger partial charge in [0.05, 0.1) is 5.75 Å². The van der Waals surface area contributed by atoms with Crippen LogP contribution in [0.15, 0.2) is 4.34 Å². The number of aromatic nitrogens is 2. The van der Waals surface area contributed by atoms with E-state index in [2.05, 4.69) is 22.4 Å². The number of thioether (sulfide) groups is 1. The number of anilines is 1. The molecule has 1 unspecified atom stereocenters. The van der Waals surface area contributed by atoms with Crippen molar-refractivity contribution in [3.05, 3.63) is 0 Å². The molecule has 1 heterocycles. The lowest BCUT2D eigenvalue weighted by Crippen LogP contribution is -2.15. The van der Waals surface area contributed by atoms with Crippen LogP contribution in [0.2, 0.25) is 0 Å². The second-order valence-corrected chi connectivity index (χ2v) is 6.48. The molecule has 2 rings (SSSR count). The number of carboxylic acid groups (broad SMARTS) is 1. The molecule has 1 aliphatic rings. The summed E-state index contributed by atoms with van der Waals surface area (Å²) in [7, 11) is 0. The summed E-state index contributed by atoms with van der Waals surface area (Å²) in [5.74, 6) is 0.0831. The van der Waals surface area contributed by atoms with Crippen molar-refractivity contribution in [2.24, 2.45) is 5.92 Å². The van der Waals surface area contributed by atoms with Crippen LogP contribution in [0.4, 0.5) is 5.13 Å². The number of aliphatic carboxylic acids is 1. The smallest absolute Gasteiger partial charge is 0.313 e. The maximum Gasteiger partial charge on any atom is 0.313 e. The summed E-state index contributed by atoms with van der Waals surface area (Å²) in [6.45, 7) is 2.14. The first-order valence-corrected chi connectivity index (χ1v) is 7.38. The van der Waals surface area contributed by atoms with E-state index in [1.807, 2.05) is 0 Å². The molecule has 5 nitrogen and oxygen atoms in total. The van der Waals surface area contributed by atoms with Gasteiger partial charge in [0.15, 0.2) is 4.34 Å². The predicted molar refractivity (Wildman–Crippen MR) is 68.7 cm³/mol. The van der Waals surface area contributed by atoms with Crippen LogP contribution in [0.1, 0.15) is 26.2 Å². The zero-order valence-corrected chi connectivity index (χ0v) is 11.2. The van der Waals surface area contributed by atoms with E-state index < -0.39 is 5.97 Å². The van der Waals surface area contributed by atoms with Crippen molar-refractivity contribution < 1.29 is 9.90 Å². The molecule has 0 radical (unpaired) electrons. The fourth-order valence-corrected chi connectivity index (χ4v) is 3.16. The molecule has 0 spiro atoms. The minimum absolute atomic E-state index is 0.0340. The molecule has 7 heteroatoms. The topological polar surface area (TPSA) is 75.1 Å². The molecule has 0 bridgehead atoms. The molecule has 17 heavy (non-hydrogen) atoms. The Hall–Kier alpha value is -0.820. The number of nitrogens with one attached hydrogen (secondary N) is 1. The Morgan fingerprint density at radius 3 is 3.06 bits per heavy atom. The summed E-state index contributed by atoms with van der Waals surface area (Å²) in [5, 5.41) is 20.6. The number of nitrogens with zero attached hydrogens (tertiary/aromatic N) is 2. The average molecular weight is 273 g/mol. The minimum atomic E-state index is -0.832. The molecule has 1 aromatic rings. The van der Waals surface area contributed by atoms with Crippen molar-refractivity contribution in [1.82, 2.24) is 10.2 Å². The van der Waals surface area contributed by atoms with Crippen molar-refractivity contribution in [2.45, 2.75) is 36.6 Å². The zero-order chi connectivity index (χ0) is 12.3. The largest absolute Gasteiger partial charge is 0.481 e. The van der Waals surface area contributed by atoms with Gasteiger partial charge in [-0.25, -0.2) is 0 Å². The fraction of sp³-hybridized carbons (Fsp3) is 0.700. The Labute approximate surface area is 108 Å². The first kappa shape index (κ1) is 12.6. The third-order valence-electron chi connectivity index (χ3n) is 2.48. The number of rotatable bonds is 7. The third kappa shape index (κ3) is 4.51. The normalized spacial score (nSPS) is 16.8. The van der Waals surface area contributed by atoms with Crippen molar-refractivity contribution in [2.75, 3.05) is 11.1 Å². The molecular formula is C10H15N3O2S2. The molecule has 1 saturated carbocycles. The molecule has 1 atom stereocenters. The summed E-state index contributed by atoms with van der Waals surface area (Å²) in [4.78, 5) is 10.4. The summed E-state index contributed by atoms with van der Waals surface area (Å²) in [6.07, 6.45) is 3.88. The highest BCUT2D eigenvalue weighted by Crippen LogP contribution is 2.34. The Morgan fingerprint density at radius 1 is 1.65 bits per heavy atom. The van der Waals surface area contributed by atoms with E-state index in [0.29, 0.717) is 10.4 Å². The Bertz CT molecular complexity index is 393. The summed E-state index contributed by atoms with van der Waals surface area (Å²) >= 11 is 2.63. The minimum Gasteiger partial charge on any atom is -0.481 e. The SMILES string of the molecule is CC(CC1CC1)Nc1nnc(SCC(=O)O)s1. The van der Waals surface area contributed by atoms with Crippen molar-refractivity contribution in [1.29, 1.82) is 0 Å². The maximum atomic E-state index is 10.4. The van der Waals surface area contributed by atoms with Gasteiger partial charge in [-0.15, -0.1) is 10.2 Å². The van der Waals surface area contributed by atoms with Crippen LogP contribution in [0.25, 0.3) is 0 Å². The highest BCUT2D eigenvalue weighted by Gasteiger charge is 2.23. The van der Waals surface area contributed by atoms with Crippen molar-refractivity contribution in [3.8, 4) is 0 Å². The third-order valence-corrected chi connectivity index (χ3v) is 4.45. The molecule has 0 amide bonds.